The molecule has 0 radical (unpaired) electrons. The van der Waals surface area contributed by atoms with Crippen molar-refractivity contribution in [1.82, 2.24) is 4.72 Å². The van der Waals surface area contributed by atoms with E-state index < -0.39 is 16.1 Å². The molecule has 1 aromatic carbocycles. The number of Topliss-reactive ketones (excluding diaryl/α,β-unsaturated/α-hetero) is 1. The monoisotopic (exact) mass is 283 g/mol. The van der Waals surface area contributed by atoms with Crippen molar-refractivity contribution >= 4 is 15.8 Å². The van der Waals surface area contributed by atoms with Crippen LogP contribution in [-0.4, -0.2) is 31.5 Å². The molecule has 0 heterocycles. The molecule has 0 saturated heterocycles. The number of nitrogens with one attached hydrogen (secondary N) is 1. The van der Waals surface area contributed by atoms with E-state index in [0.29, 0.717) is 24.8 Å². The Morgan fingerprint density at radius 1 is 1.42 bits per heavy atom. The molecule has 1 fully saturated rings. The van der Waals surface area contributed by atoms with Gasteiger partial charge in [0.25, 0.3) is 0 Å². The Morgan fingerprint density at radius 3 is 2.68 bits per heavy atom. The first kappa shape index (κ1) is 14.2. The van der Waals surface area contributed by atoms with Gasteiger partial charge in [-0.05, 0) is 25.0 Å². The highest BCUT2D eigenvalue weighted by Gasteiger charge is 2.31. The van der Waals surface area contributed by atoms with Crippen molar-refractivity contribution in [3.05, 3.63) is 29.8 Å². The molecule has 0 aliphatic heterocycles. The molecular weight excluding hydrogens is 266 g/mol. The van der Waals surface area contributed by atoms with Crippen LogP contribution in [0.3, 0.4) is 0 Å². The largest absolute Gasteiger partial charge is 0.393 e. The van der Waals surface area contributed by atoms with Gasteiger partial charge in [-0.15, -0.1) is 0 Å². The second kappa shape index (κ2) is 5.40. The summed E-state index contributed by atoms with van der Waals surface area (Å²) in [4.78, 5) is 11.7. The van der Waals surface area contributed by atoms with Crippen LogP contribution in [0.15, 0.2) is 29.2 Å². The van der Waals surface area contributed by atoms with Crippen molar-refractivity contribution in [3.8, 4) is 0 Å². The number of sulfonamides is 1. The number of aliphatic hydroxyl groups is 1. The maximum atomic E-state index is 12.1. The van der Waals surface area contributed by atoms with Gasteiger partial charge >= 0.3 is 0 Å². The smallest absolute Gasteiger partial charge is 0.240 e. The minimum atomic E-state index is -3.62. The lowest BCUT2D eigenvalue weighted by atomic mass is 9.91. The SMILES string of the molecule is CCC(=O)c1cccc(S(=O)(=O)NC2CC(O)C2)c1. The van der Waals surface area contributed by atoms with Crippen LogP contribution in [0, 0.1) is 0 Å². The fourth-order valence-corrected chi connectivity index (χ4v) is 3.32. The molecular formula is C13H17NO4S. The van der Waals surface area contributed by atoms with Crippen molar-refractivity contribution in [2.45, 2.75) is 43.2 Å². The van der Waals surface area contributed by atoms with E-state index in [2.05, 4.69) is 4.72 Å². The fraction of sp³-hybridized carbons (Fsp3) is 0.462. The molecule has 6 heteroatoms. The van der Waals surface area contributed by atoms with Crippen LogP contribution in [0.1, 0.15) is 36.5 Å². The van der Waals surface area contributed by atoms with Crippen LogP contribution in [0.25, 0.3) is 0 Å². The van der Waals surface area contributed by atoms with Crippen molar-refractivity contribution in [2.24, 2.45) is 0 Å². The quantitative estimate of drug-likeness (QED) is 0.792. The molecule has 1 aromatic rings. The lowest BCUT2D eigenvalue weighted by Crippen LogP contribution is -2.46. The van der Waals surface area contributed by atoms with Crippen molar-refractivity contribution in [1.29, 1.82) is 0 Å². The summed E-state index contributed by atoms with van der Waals surface area (Å²) in [6, 6.07) is 5.81. The summed E-state index contributed by atoms with van der Waals surface area (Å²) in [6.45, 7) is 1.73. The van der Waals surface area contributed by atoms with E-state index in [-0.39, 0.29) is 16.7 Å². The summed E-state index contributed by atoms with van der Waals surface area (Å²) >= 11 is 0. The molecule has 19 heavy (non-hydrogen) atoms. The van der Waals surface area contributed by atoms with Gasteiger partial charge in [0.15, 0.2) is 5.78 Å². The Morgan fingerprint density at radius 2 is 2.11 bits per heavy atom. The van der Waals surface area contributed by atoms with Gasteiger partial charge in [0.1, 0.15) is 0 Å². The molecule has 0 bridgehead atoms. The Bertz CT molecular complexity index is 576. The van der Waals surface area contributed by atoms with Crippen LogP contribution in [0.5, 0.6) is 0 Å². The topological polar surface area (TPSA) is 83.5 Å². The maximum Gasteiger partial charge on any atom is 0.240 e. The van der Waals surface area contributed by atoms with Gasteiger partial charge in [-0.1, -0.05) is 19.1 Å². The van der Waals surface area contributed by atoms with E-state index in [9.17, 15) is 13.2 Å². The van der Waals surface area contributed by atoms with Crippen molar-refractivity contribution < 1.29 is 18.3 Å². The first-order chi connectivity index (χ1) is 8.92. The number of benzene rings is 1. The second-order valence-corrected chi connectivity index (χ2v) is 6.46. The minimum absolute atomic E-state index is 0.0869. The van der Waals surface area contributed by atoms with Gasteiger partial charge in [0.2, 0.25) is 10.0 Å². The number of ketones is 1. The second-order valence-electron chi connectivity index (χ2n) is 4.75. The predicted molar refractivity (Wildman–Crippen MR) is 70.4 cm³/mol. The molecule has 104 valence electrons. The molecule has 2 rings (SSSR count). The average Bonchev–Trinajstić information content (AvgIpc) is 2.36. The summed E-state index contributed by atoms with van der Waals surface area (Å²) < 4.78 is 26.7. The van der Waals surface area contributed by atoms with E-state index in [1.807, 2.05) is 0 Å². The molecule has 1 aliphatic rings. The third kappa shape index (κ3) is 3.20. The van der Waals surface area contributed by atoms with Crippen LogP contribution >= 0.6 is 0 Å². The standard InChI is InChI=1S/C13H17NO4S/c1-2-13(16)9-4-3-5-12(6-9)19(17,18)14-10-7-11(15)8-10/h3-6,10-11,14-15H,2,7-8H2,1H3. The van der Waals surface area contributed by atoms with E-state index in [0.717, 1.165) is 0 Å². The van der Waals surface area contributed by atoms with Crippen LogP contribution < -0.4 is 4.72 Å². The van der Waals surface area contributed by atoms with Gasteiger partial charge in [-0.3, -0.25) is 4.79 Å². The van der Waals surface area contributed by atoms with Gasteiger partial charge in [0, 0.05) is 18.0 Å². The highest BCUT2D eigenvalue weighted by molar-refractivity contribution is 7.89. The number of hydrogen-bond acceptors (Lipinski definition) is 4. The molecule has 5 nitrogen and oxygen atoms in total. The zero-order valence-corrected chi connectivity index (χ0v) is 11.5. The summed E-state index contributed by atoms with van der Waals surface area (Å²) in [5.74, 6) is -0.0869. The Hall–Kier alpha value is -1.24. The van der Waals surface area contributed by atoms with Crippen LogP contribution in [-0.2, 0) is 10.0 Å². The lowest BCUT2D eigenvalue weighted by molar-refractivity contribution is 0.0712. The number of aliphatic hydroxyl groups excluding tert-OH is 1. The molecule has 2 N–H and O–H groups in total. The number of rotatable bonds is 5. The van der Waals surface area contributed by atoms with Gasteiger partial charge in [-0.25, -0.2) is 13.1 Å². The molecule has 0 spiro atoms. The normalized spacial score (nSPS) is 22.8. The number of carbonyl (C=O) groups is 1. The third-order valence-electron chi connectivity index (χ3n) is 3.22. The highest BCUT2D eigenvalue weighted by atomic mass is 32.2. The summed E-state index contributed by atoms with van der Waals surface area (Å²) in [6.07, 6.45) is 0.798. The molecule has 0 unspecified atom stereocenters. The minimum Gasteiger partial charge on any atom is -0.393 e. The van der Waals surface area contributed by atoms with Crippen molar-refractivity contribution in [2.75, 3.05) is 0 Å². The first-order valence-corrected chi connectivity index (χ1v) is 7.74. The summed E-state index contributed by atoms with van der Waals surface area (Å²) in [7, 11) is -3.62. The third-order valence-corrected chi connectivity index (χ3v) is 4.74. The fourth-order valence-electron chi connectivity index (χ4n) is 2.01. The van der Waals surface area contributed by atoms with Crippen LogP contribution in [0.2, 0.25) is 0 Å². The molecule has 0 atom stereocenters. The van der Waals surface area contributed by atoms with Gasteiger partial charge in [0.05, 0.1) is 11.0 Å². The molecule has 0 amide bonds. The van der Waals surface area contributed by atoms with E-state index >= 15 is 0 Å². The van der Waals surface area contributed by atoms with E-state index in [4.69, 9.17) is 5.11 Å². The lowest BCUT2D eigenvalue weighted by Gasteiger charge is -2.31. The maximum absolute atomic E-state index is 12.1. The Balaban J connectivity index is 2.18. The van der Waals surface area contributed by atoms with Gasteiger partial charge in [-0.2, -0.15) is 0 Å². The summed E-state index contributed by atoms with van der Waals surface area (Å²) in [5, 5.41) is 9.16. The first-order valence-electron chi connectivity index (χ1n) is 6.26. The zero-order chi connectivity index (χ0) is 14.0. The molecule has 1 saturated carbocycles. The van der Waals surface area contributed by atoms with Crippen molar-refractivity contribution in [3.63, 3.8) is 0 Å². The zero-order valence-electron chi connectivity index (χ0n) is 10.7. The predicted octanol–water partition coefficient (Wildman–Crippen LogP) is 1.08. The molecule has 0 aromatic heterocycles. The Kier molecular flexibility index (Phi) is 4.03. The summed E-state index contributed by atoms with van der Waals surface area (Å²) in [5.41, 5.74) is 0.402. The number of carbonyl (C=O) groups excluding carboxylic acids is 1. The van der Waals surface area contributed by atoms with E-state index in [1.54, 1.807) is 19.1 Å². The average molecular weight is 283 g/mol. The van der Waals surface area contributed by atoms with Crippen LogP contribution in [0.4, 0.5) is 0 Å². The van der Waals surface area contributed by atoms with E-state index in [1.165, 1.54) is 12.1 Å². The van der Waals surface area contributed by atoms with Gasteiger partial charge < -0.3 is 5.11 Å². The Labute approximate surface area is 112 Å². The highest BCUT2D eigenvalue weighted by Crippen LogP contribution is 2.22. The number of hydrogen-bond donors (Lipinski definition) is 2. The molecule has 1 aliphatic carbocycles.